The molecule has 2 nitrogen and oxygen atoms in total. The van der Waals surface area contributed by atoms with Crippen LogP contribution in [-0.2, 0) is 0 Å². The van der Waals surface area contributed by atoms with Gasteiger partial charge in [-0.2, -0.15) is 0 Å². The van der Waals surface area contributed by atoms with Gasteiger partial charge < -0.3 is 4.90 Å². The molecule has 0 fully saturated rings. The fraction of sp³-hybridized carbons (Fsp3) is 0.0278. The molecule has 1 aromatic heterocycles. The summed E-state index contributed by atoms with van der Waals surface area (Å²) in [5.41, 5.74) is 7.77. The number of rotatable bonds is 4. The van der Waals surface area contributed by atoms with Gasteiger partial charge >= 0.3 is 0 Å². The van der Waals surface area contributed by atoms with Gasteiger partial charge in [0.15, 0.2) is 0 Å². The summed E-state index contributed by atoms with van der Waals surface area (Å²) in [5, 5.41) is 6.22. The predicted molar refractivity (Wildman–Crippen MR) is 162 cm³/mol. The average Bonchev–Trinajstić information content (AvgIpc) is 2.98. The topological polar surface area (TPSA) is 16.1 Å². The van der Waals surface area contributed by atoms with Crippen molar-refractivity contribution in [1.82, 2.24) is 4.98 Å². The SMILES string of the molecule is Cc1cc2ccccc2c2c1c(-c1ccc(N(c3ccccc3)c3ccccc3)cc1)nc1ccccc12. The minimum atomic E-state index is 1.02. The molecule has 0 aliphatic heterocycles. The van der Waals surface area contributed by atoms with Gasteiger partial charge in [-0.3, -0.25) is 0 Å². The molecule has 0 aliphatic rings. The minimum absolute atomic E-state index is 1.02. The summed E-state index contributed by atoms with van der Waals surface area (Å²) >= 11 is 0. The van der Waals surface area contributed by atoms with E-state index in [1.807, 2.05) is 0 Å². The molecule has 0 saturated carbocycles. The van der Waals surface area contributed by atoms with Gasteiger partial charge in [0.25, 0.3) is 0 Å². The van der Waals surface area contributed by atoms with Crippen LogP contribution < -0.4 is 4.90 Å². The van der Waals surface area contributed by atoms with Crippen molar-refractivity contribution in [2.75, 3.05) is 4.90 Å². The highest BCUT2D eigenvalue weighted by Crippen LogP contribution is 2.40. The lowest BCUT2D eigenvalue weighted by Crippen LogP contribution is -2.09. The zero-order chi connectivity index (χ0) is 25.5. The first-order valence-corrected chi connectivity index (χ1v) is 13.0. The van der Waals surface area contributed by atoms with Gasteiger partial charge in [-0.15, -0.1) is 0 Å². The molecule has 0 saturated heterocycles. The molecule has 2 heteroatoms. The lowest BCUT2D eigenvalue weighted by molar-refractivity contribution is 1.28. The number of nitrogens with zero attached hydrogens (tertiary/aromatic N) is 2. The number of para-hydroxylation sites is 3. The molecule has 0 atom stereocenters. The van der Waals surface area contributed by atoms with E-state index < -0.39 is 0 Å². The quantitative estimate of drug-likeness (QED) is 0.230. The van der Waals surface area contributed by atoms with Crippen LogP contribution in [0.1, 0.15) is 5.56 Å². The molecule has 180 valence electrons. The zero-order valence-electron chi connectivity index (χ0n) is 21.2. The van der Waals surface area contributed by atoms with Crippen LogP contribution in [0.15, 0.2) is 140 Å². The molecule has 0 bridgehead atoms. The molecule has 7 rings (SSSR count). The maximum absolute atomic E-state index is 5.22. The van der Waals surface area contributed by atoms with Crippen LogP contribution in [0.4, 0.5) is 17.1 Å². The number of pyridine rings is 1. The van der Waals surface area contributed by atoms with E-state index in [0.29, 0.717) is 0 Å². The third kappa shape index (κ3) is 3.70. The van der Waals surface area contributed by atoms with Crippen molar-refractivity contribution >= 4 is 49.5 Å². The van der Waals surface area contributed by atoms with Crippen LogP contribution in [-0.4, -0.2) is 4.98 Å². The van der Waals surface area contributed by atoms with Crippen molar-refractivity contribution in [1.29, 1.82) is 0 Å². The van der Waals surface area contributed by atoms with Crippen LogP contribution in [0, 0.1) is 6.92 Å². The molecule has 0 spiro atoms. The molecule has 0 N–H and O–H groups in total. The summed E-state index contributed by atoms with van der Waals surface area (Å²) < 4.78 is 0. The molecule has 0 amide bonds. The Hall–Kier alpha value is -4.95. The second-order valence-electron chi connectivity index (χ2n) is 9.70. The lowest BCUT2D eigenvalue weighted by Gasteiger charge is -2.25. The summed E-state index contributed by atoms with van der Waals surface area (Å²) in [6.45, 7) is 2.20. The van der Waals surface area contributed by atoms with E-state index in [2.05, 4.69) is 151 Å². The van der Waals surface area contributed by atoms with Gasteiger partial charge in [-0.25, -0.2) is 4.98 Å². The van der Waals surface area contributed by atoms with Gasteiger partial charge in [0.2, 0.25) is 0 Å². The average molecular weight is 487 g/mol. The Balaban J connectivity index is 1.44. The Morgan fingerprint density at radius 3 is 1.74 bits per heavy atom. The van der Waals surface area contributed by atoms with Crippen molar-refractivity contribution < 1.29 is 0 Å². The molecular weight excluding hydrogens is 460 g/mol. The van der Waals surface area contributed by atoms with Crippen molar-refractivity contribution in [3.63, 3.8) is 0 Å². The second kappa shape index (κ2) is 9.17. The van der Waals surface area contributed by atoms with E-state index in [9.17, 15) is 0 Å². The van der Waals surface area contributed by atoms with Crippen LogP contribution in [0.3, 0.4) is 0 Å². The predicted octanol–water partition coefficient (Wildman–Crippen LogP) is 9.99. The van der Waals surface area contributed by atoms with Gasteiger partial charge in [-0.05, 0) is 65.7 Å². The van der Waals surface area contributed by atoms with Gasteiger partial charge in [0.1, 0.15) is 0 Å². The van der Waals surface area contributed by atoms with Crippen LogP contribution in [0.2, 0.25) is 0 Å². The summed E-state index contributed by atoms with van der Waals surface area (Å²) in [5.74, 6) is 0. The summed E-state index contributed by atoms with van der Waals surface area (Å²) in [6.07, 6.45) is 0. The largest absolute Gasteiger partial charge is 0.311 e. The monoisotopic (exact) mass is 486 g/mol. The van der Waals surface area contributed by atoms with E-state index >= 15 is 0 Å². The van der Waals surface area contributed by atoms with E-state index in [4.69, 9.17) is 4.98 Å². The van der Waals surface area contributed by atoms with Crippen LogP contribution in [0.25, 0.3) is 43.7 Å². The second-order valence-corrected chi connectivity index (χ2v) is 9.70. The maximum atomic E-state index is 5.22. The molecule has 0 radical (unpaired) electrons. The molecule has 38 heavy (non-hydrogen) atoms. The highest BCUT2D eigenvalue weighted by Gasteiger charge is 2.17. The third-order valence-corrected chi connectivity index (χ3v) is 7.32. The number of aromatic nitrogens is 1. The number of hydrogen-bond donors (Lipinski definition) is 0. The Labute approximate surface area is 222 Å². The molecule has 7 aromatic rings. The van der Waals surface area contributed by atoms with E-state index in [-0.39, 0.29) is 0 Å². The number of benzene rings is 6. The Morgan fingerprint density at radius 2 is 1.05 bits per heavy atom. The summed E-state index contributed by atoms with van der Waals surface area (Å²) in [4.78, 5) is 7.50. The summed E-state index contributed by atoms with van der Waals surface area (Å²) in [6, 6.07) is 49.3. The smallest absolute Gasteiger partial charge is 0.0790 e. The highest BCUT2D eigenvalue weighted by molar-refractivity contribution is 6.23. The van der Waals surface area contributed by atoms with Crippen molar-refractivity contribution in [3.05, 3.63) is 145 Å². The van der Waals surface area contributed by atoms with Crippen LogP contribution in [0.5, 0.6) is 0 Å². The lowest BCUT2D eigenvalue weighted by atomic mass is 9.92. The number of aryl methyl sites for hydroxylation is 1. The van der Waals surface area contributed by atoms with E-state index in [1.54, 1.807) is 0 Å². The Morgan fingerprint density at radius 1 is 0.500 bits per heavy atom. The first-order chi connectivity index (χ1) is 18.8. The number of hydrogen-bond acceptors (Lipinski definition) is 2. The van der Waals surface area contributed by atoms with E-state index in [1.165, 1.54) is 32.5 Å². The van der Waals surface area contributed by atoms with Crippen molar-refractivity contribution in [3.8, 4) is 11.3 Å². The fourth-order valence-electron chi connectivity index (χ4n) is 5.61. The van der Waals surface area contributed by atoms with Gasteiger partial charge in [0.05, 0.1) is 11.2 Å². The van der Waals surface area contributed by atoms with Crippen molar-refractivity contribution in [2.45, 2.75) is 6.92 Å². The number of anilines is 3. The normalized spacial score (nSPS) is 11.3. The molecule has 1 heterocycles. The maximum Gasteiger partial charge on any atom is 0.0790 e. The van der Waals surface area contributed by atoms with Gasteiger partial charge in [-0.1, -0.05) is 97.1 Å². The highest BCUT2D eigenvalue weighted by atomic mass is 15.1. The molecule has 6 aromatic carbocycles. The Bertz CT molecular complexity index is 1850. The van der Waals surface area contributed by atoms with Gasteiger partial charge in [0, 0.05) is 38.8 Å². The zero-order valence-corrected chi connectivity index (χ0v) is 21.2. The van der Waals surface area contributed by atoms with E-state index in [0.717, 1.165) is 33.8 Å². The summed E-state index contributed by atoms with van der Waals surface area (Å²) in [7, 11) is 0. The number of fused-ring (bicyclic) bond motifs is 5. The first kappa shape index (κ1) is 22.3. The van der Waals surface area contributed by atoms with Crippen molar-refractivity contribution in [2.24, 2.45) is 0 Å². The standard InChI is InChI=1S/C36H26N2/c1-25-24-27-12-8-9-17-31(27)35-32-18-10-11-19-33(32)37-36(34(25)35)26-20-22-30(23-21-26)38(28-13-4-2-5-14-28)29-15-6-3-7-16-29/h2-24H,1H3. The fourth-order valence-corrected chi connectivity index (χ4v) is 5.61. The third-order valence-electron chi connectivity index (χ3n) is 7.32. The Kier molecular flexibility index (Phi) is 5.37. The molecular formula is C36H26N2. The molecule has 0 aliphatic carbocycles. The minimum Gasteiger partial charge on any atom is -0.311 e. The van der Waals surface area contributed by atoms with Crippen LogP contribution >= 0.6 is 0 Å². The first-order valence-electron chi connectivity index (χ1n) is 13.0. The molecule has 0 unspecified atom stereocenters.